The molecule has 1 aliphatic rings. The third-order valence-electron chi connectivity index (χ3n) is 2.67. The molecule has 4 heteroatoms. The fourth-order valence-electron chi connectivity index (χ4n) is 1.97. The summed E-state index contributed by atoms with van der Waals surface area (Å²) < 4.78 is 0. The molecule has 0 spiro atoms. The summed E-state index contributed by atoms with van der Waals surface area (Å²) in [7, 11) is 0. The minimum atomic E-state index is -0.380. The molecule has 1 aromatic carbocycles. The first kappa shape index (κ1) is 9.98. The minimum Gasteiger partial charge on any atom is -0.351 e. The molecule has 0 bridgehead atoms. The maximum atomic E-state index is 11.4. The van der Waals surface area contributed by atoms with Gasteiger partial charge >= 0.3 is 6.03 Å². The van der Waals surface area contributed by atoms with Gasteiger partial charge in [0.05, 0.1) is 6.04 Å². The summed E-state index contributed by atoms with van der Waals surface area (Å²) in [6.07, 6.45) is 0.956. The van der Waals surface area contributed by atoms with Gasteiger partial charge in [-0.15, -0.1) is 0 Å². The van der Waals surface area contributed by atoms with E-state index in [4.69, 9.17) is 5.73 Å². The van der Waals surface area contributed by atoms with E-state index in [2.05, 4.69) is 5.32 Å². The van der Waals surface area contributed by atoms with E-state index in [1.165, 1.54) is 0 Å². The van der Waals surface area contributed by atoms with Crippen molar-refractivity contribution in [3.8, 4) is 0 Å². The van der Waals surface area contributed by atoms with E-state index in [1.54, 1.807) is 4.90 Å². The van der Waals surface area contributed by atoms with Gasteiger partial charge in [-0.25, -0.2) is 4.79 Å². The normalized spacial score (nSPS) is 20.1. The van der Waals surface area contributed by atoms with Gasteiger partial charge in [-0.2, -0.15) is 0 Å². The molecule has 1 unspecified atom stereocenters. The van der Waals surface area contributed by atoms with Gasteiger partial charge in [-0.1, -0.05) is 18.2 Å². The molecule has 0 aliphatic carbocycles. The van der Waals surface area contributed by atoms with Crippen LogP contribution in [-0.4, -0.2) is 25.2 Å². The first-order valence-corrected chi connectivity index (χ1v) is 5.13. The van der Waals surface area contributed by atoms with Gasteiger partial charge < -0.3 is 11.1 Å². The lowest BCUT2D eigenvalue weighted by atomic mass is 10.2. The number of urea groups is 1. The van der Waals surface area contributed by atoms with Gasteiger partial charge in [-0.05, 0) is 25.1 Å². The molecule has 15 heavy (non-hydrogen) atoms. The molecule has 0 saturated carbocycles. The number of rotatable bonds is 2. The third-order valence-corrected chi connectivity index (χ3v) is 2.67. The fraction of sp³-hybridized carbons (Fsp3) is 0.364. The summed E-state index contributed by atoms with van der Waals surface area (Å²) in [4.78, 5) is 13.1. The quantitative estimate of drug-likeness (QED) is 0.754. The number of amides is 2. The number of anilines is 1. The van der Waals surface area contributed by atoms with Crippen LogP contribution < -0.4 is 16.0 Å². The highest BCUT2D eigenvalue weighted by Gasteiger charge is 2.25. The van der Waals surface area contributed by atoms with E-state index in [0.29, 0.717) is 0 Å². The molecule has 0 radical (unpaired) electrons. The Morgan fingerprint density at radius 1 is 1.40 bits per heavy atom. The summed E-state index contributed by atoms with van der Waals surface area (Å²) in [5.74, 6) is 0. The van der Waals surface area contributed by atoms with E-state index in [1.807, 2.05) is 30.3 Å². The molecule has 2 amide bonds. The minimum absolute atomic E-state index is 0.185. The van der Waals surface area contributed by atoms with Crippen molar-refractivity contribution < 1.29 is 4.79 Å². The van der Waals surface area contributed by atoms with E-state index >= 15 is 0 Å². The number of nitrogens with one attached hydrogen (secondary N) is 1. The first-order valence-electron chi connectivity index (χ1n) is 5.13. The molecule has 80 valence electrons. The molecule has 4 nitrogen and oxygen atoms in total. The second-order valence-electron chi connectivity index (χ2n) is 3.69. The largest absolute Gasteiger partial charge is 0.351 e. The molecule has 1 heterocycles. The number of hydrogen-bond acceptors (Lipinski definition) is 2. The predicted octanol–water partition coefficient (Wildman–Crippen LogP) is 0.934. The SMILES string of the molecule is NC(=O)N(c1ccccc1)C1CCNC1. The van der Waals surface area contributed by atoms with Gasteiger partial charge in [0, 0.05) is 12.2 Å². The maximum Gasteiger partial charge on any atom is 0.319 e. The van der Waals surface area contributed by atoms with Crippen molar-refractivity contribution in [2.75, 3.05) is 18.0 Å². The van der Waals surface area contributed by atoms with Gasteiger partial charge in [0.15, 0.2) is 0 Å². The van der Waals surface area contributed by atoms with E-state index in [0.717, 1.165) is 25.2 Å². The topological polar surface area (TPSA) is 58.4 Å². The molecule has 1 aromatic rings. The number of hydrogen-bond donors (Lipinski definition) is 2. The van der Waals surface area contributed by atoms with Crippen LogP contribution in [0.4, 0.5) is 10.5 Å². The lowest BCUT2D eigenvalue weighted by molar-refractivity contribution is 0.252. The number of carbonyl (C=O) groups is 1. The van der Waals surface area contributed by atoms with Crippen LogP contribution in [0.25, 0.3) is 0 Å². The van der Waals surface area contributed by atoms with E-state index in [9.17, 15) is 4.79 Å². The maximum absolute atomic E-state index is 11.4. The Morgan fingerprint density at radius 2 is 2.13 bits per heavy atom. The lowest BCUT2D eigenvalue weighted by Crippen LogP contribution is -2.44. The molecular weight excluding hydrogens is 190 g/mol. The van der Waals surface area contributed by atoms with Crippen molar-refractivity contribution in [2.24, 2.45) is 5.73 Å². The van der Waals surface area contributed by atoms with Gasteiger partial charge in [-0.3, -0.25) is 4.90 Å². The average Bonchev–Trinajstić information content (AvgIpc) is 2.72. The number of carbonyl (C=O) groups excluding carboxylic acids is 1. The van der Waals surface area contributed by atoms with Crippen molar-refractivity contribution in [1.82, 2.24) is 5.32 Å². The monoisotopic (exact) mass is 205 g/mol. The standard InChI is InChI=1S/C11H15N3O/c12-11(15)14(10-6-7-13-8-10)9-4-2-1-3-5-9/h1-5,10,13H,6-8H2,(H2,12,15). The van der Waals surface area contributed by atoms with Crippen molar-refractivity contribution in [3.05, 3.63) is 30.3 Å². The summed E-state index contributed by atoms with van der Waals surface area (Å²) in [6.45, 7) is 1.76. The van der Waals surface area contributed by atoms with Crippen LogP contribution in [0.3, 0.4) is 0 Å². The number of para-hydroxylation sites is 1. The smallest absolute Gasteiger partial charge is 0.319 e. The zero-order valence-corrected chi connectivity index (χ0v) is 8.52. The highest BCUT2D eigenvalue weighted by molar-refractivity contribution is 5.91. The summed E-state index contributed by atoms with van der Waals surface area (Å²) in [6, 6.07) is 9.36. The van der Waals surface area contributed by atoms with Crippen molar-refractivity contribution >= 4 is 11.7 Å². The Hall–Kier alpha value is -1.55. The highest BCUT2D eigenvalue weighted by Crippen LogP contribution is 2.19. The van der Waals surface area contributed by atoms with Gasteiger partial charge in [0.25, 0.3) is 0 Å². The highest BCUT2D eigenvalue weighted by atomic mass is 16.2. The Kier molecular flexibility index (Phi) is 2.87. The zero-order chi connectivity index (χ0) is 10.7. The molecule has 1 fully saturated rings. The summed E-state index contributed by atoms with van der Waals surface area (Å²) in [5.41, 5.74) is 6.28. The van der Waals surface area contributed by atoms with Gasteiger partial charge in [0.2, 0.25) is 0 Å². The zero-order valence-electron chi connectivity index (χ0n) is 8.52. The van der Waals surface area contributed by atoms with Crippen molar-refractivity contribution in [3.63, 3.8) is 0 Å². The van der Waals surface area contributed by atoms with Crippen LogP contribution in [0.2, 0.25) is 0 Å². The molecular formula is C11H15N3O. The van der Waals surface area contributed by atoms with Crippen LogP contribution in [0.1, 0.15) is 6.42 Å². The summed E-state index contributed by atoms with van der Waals surface area (Å²) >= 11 is 0. The predicted molar refractivity (Wildman–Crippen MR) is 59.8 cm³/mol. The van der Waals surface area contributed by atoms with Crippen LogP contribution >= 0.6 is 0 Å². The summed E-state index contributed by atoms with van der Waals surface area (Å²) in [5, 5.41) is 3.23. The Balaban J connectivity index is 2.23. The average molecular weight is 205 g/mol. The van der Waals surface area contributed by atoms with Gasteiger partial charge in [0.1, 0.15) is 0 Å². The van der Waals surface area contributed by atoms with Crippen LogP contribution in [0, 0.1) is 0 Å². The Bertz CT molecular complexity index is 333. The first-order chi connectivity index (χ1) is 7.29. The lowest BCUT2D eigenvalue weighted by Gasteiger charge is -2.26. The second kappa shape index (κ2) is 4.31. The van der Waals surface area contributed by atoms with Crippen molar-refractivity contribution in [2.45, 2.75) is 12.5 Å². The number of nitrogens with two attached hydrogens (primary N) is 1. The fourth-order valence-corrected chi connectivity index (χ4v) is 1.97. The van der Waals surface area contributed by atoms with Crippen LogP contribution in [0.5, 0.6) is 0 Å². The third kappa shape index (κ3) is 2.10. The number of primary amides is 1. The van der Waals surface area contributed by atoms with E-state index in [-0.39, 0.29) is 12.1 Å². The van der Waals surface area contributed by atoms with E-state index < -0.39 is 0 Å². The van der Waals surface area contributed by atoms with Crippen LogP contribution in [0.15, 0.2) is 30.3 Å². The molecule has 0 aromatic heterocycles. The molecule has 1 aliphatic heterocycles. The second-order valence-corrected chi connectivity index (χ2v) is 3.69. The molecule has 1 atom stereocenters. The molecule has 3 N–H and O–H groups in total. The number of nitrogens with zero attached hydrogens (tertiary/aromatic N) is 1. The Labute approximate surface area is 89.1 Å². The molecule has 2 rings (SSSR count). The number of benzene rings is 1. The van der Waals surface area contributed by atoms with Crippen LogP contribution in [-0.2, 0) is 0 Å². The Morgan fingerprint density at radius 3 is 2.67 bits per heavy atom. The molecule has 1 saturated heterocycles. The van der Waals surface area contributed by atoms with Crippen molar-refractivity contribution in [1.29, 1.82) is 0 Å².